The van der Waals surface area contributed by atoms with Gasteiger partial charge in [-0.05, 0) is 51.1 Å². The van der Waals surface area contributed by atoms with Gasteiger partial charge in [0.2, 0.25) is 5.91 Å². The summed E-state index contributed by atoms with van der Waals surface area (Å²) in [5, 5.41) is 0. The molecule has 1 aromatic carbocycles. The number of amides is 1. The molecule has 2 saturated heterocycles. The van der Waals surface area contributed by atoms with Gasteiger partial charge in [0.05, 0.1) is 6.42 Å². The fourth-order valence-electron chi connectivity index (χ4n) is 5.76. The van der Waals surface area contributed by atoms with Gasteiger partial charge < -0.3 is 9.64 Å². The van der Waals surface area contributed by atoms with Gasteiger partial charge in [0.25, 0.3) is 0 Å². The van der Waals surface area contributed by atoms with Gasteiger partial charge in [-0.2, -0.15) is 0 Å². The number of rotatable bonds is 18. The van der Waals surface area contributed by atoms with Crippen molar-refractivity contribution in [3.05, 3.63) is 48.0 Å². The second-order valence-corrected chi connectivity index (χ2v) is 11.2. The summed E-state index contributed by atoms with van der Waals surface area (Å²) in [5.74, 6) is 0.250. The zero-order valence-electron chi connectivity index (χ0n) is 23.4. The van der Waals surface area contributed by atoms with Crippen molar-refractivity contribution >= 4 is 11.9 Å². The lowest BCUT2D eigenvalue weighted by atomic mass is 10.1. The van der Waals surface area contributed by atoms with E-state index in [4.69, 9.17) is 4.74 Å². The Morgan fingerprint density at radius 3 is 2.43 bits per heavy atom. The molecule has 5 nitrogen and oxygen atoms in total. The van der Waals surface area contributed by atoms with Gasteiger partial charge in [0.15, 0.2) is 0 Å². The van der Waals surface area contributed by atoms with E-state index in [2.05, 4.69) is 35.9 Å². The van der Waals surface area contributed by atoms with Crippen molar-refractivity contribution in [3.8, 4) is 0 Å². The van der Waals surface area contributed by atoms with Crippen LogP contribution in [0, 0.1) is 0 Å². The summed E-state index contributed by atoms with van der Waals surface area (Å²) in [7, 11) is 2.18. The lowest BCUT2D eigenvalue weighted by Crippen LogP contribution is -2.47. The maximum Gasteiger partial charge on any atom is 0.310 e. The normalized spacial score (nSPS) is 20.1. The van der Waals surface area contributed by atoms with Crippen molar-refractivity contribution < 1.29 is 14.3 Å². The second kappa shape index (κ2) is 16.7. The smallest absolute Gasteiger partial charge is 0.310 e. The second-order valence-electron chi connectivity index (χ2n) is 11.2. The van der Waals surface area contributed by atoms with Crippen molar-refractivity contribution in [1.82, 2.24) is 9.80 Å². The van der Waals surface area contributed by atoms with Gasteiger partial charge in [-0.15, -0.1) is 0 Å². The number of allylic oxidation sites excluding steroid dienone is 1. The summed E-state index contributed by atoms with van der Waals surface area (Å²) >= 11 is 0. The van der Waals surface area contributed by atoms with Gasteiger partial charge in [-0.25, -0.2) is 0 Å². The maximum absolute atomic E-state index is 12.5. The van der Waals surface area contributed by atoms with E-state index in [9.17, 15) is 9.59 Å². The Morgan fingerprint density at radius 1 is 0.946 bits per heavy atom. The molecule has 2 aliphatic heterocycles. The molecule has 0 aromatic heterocycles. The Labute approximate surface area is 225 Å². The molecule has 3 atom stereocenters. The summed E-state index contributed by atoms with van der Waals surface area (Å²) in [6.45, 7) is 4.22. The molecule has 3 rings (SSSR count). The topological polar surface area (TPSA) is 49.9 Å². The van der Waals surface area contributed by atoms with Gasteiger partial charge in [-0.1, -0.05) is 87.9 Å². The molecular formula is C32H50N2O3. The third-order valence-electron chi connectivity index (χ3n) is 8.03. The number of carbonyl (C=O) groups excluding carboxylic acids is 2. The Kier molecular flexibility index (Phi) is 13.2. The molecule has 37 heavy (non-hydrogen) atoms. The average molecular weight is 511 g/mol. The highest BCUT2D eigenvalue weighted by atomic mass is 16.5. The number of benzene rings is 1. The zero-order chi connectivity index (χ0) is 26.3. The Morgan fingerprint density at radius 2 is 1.70 bits per heavy atom. The summed E-state index contributed by atoms with van der Waals surface area (Å²) in [6, 6.07) is 10.9. The van der Waals surface area contributed by atoms with Crippen LogP contribution in [0.15, 0.2) is 42.5 Å². The van der Waals surface area contributed by atoms with Crippen LogP contribution in [0.25, 0.3) is 0 Å². The van der Waals surface area contributed by atoms with E-state index in [0.29, 0.717) is 24.4 Å². The molecule has 2 bridgehead atoms. The molecule has 2 heterocycles. The molecule has 0 spiro atoms. The van der Waals surface area contributed by atoms with Crippen LogP contribution in [0.2, 0.25) is 0 Å². The average Bonchev–Trinajstić information content (AvgIpc) is 3.47. The highest BCUT2D eigenvalue weighted by Crippen LogP contribution is 2.30. The zero-order valence-corrected chi connectivity index (χ0v) is 23.4. The fraction of sp³-hybridized carbons (Fsp3) is 0.688. The monoisotopic (exact) mass is 510 g/mol. The van der Waals surface area contributed by atoms with Gasteiger partial charge in [0, 0.05) is 38.0 Å². The van der Waals surface area contributed by atoms with Crippen LogP contribution in [0.1, 0.15) is 102 Å². The summed E-state index contributed by atoms with van der Waals surface area (Å²) in [4.78, 5) is 29.5. The number of nitrogens with zero attached hydrogens (tertiary/aromatic N) is 2. The molecular weight excluding hydrogens is 460 g/mol. The molecule has 0 radical (unpaired) electrons. The van der Waals surface area contributed by atoms with Crippen molar-refractivity contribution in [3.63, 3.8) is 0 Å². The number of carbonyl (C=O) groups is 2. The van der Waals surface area contributed by atoms with Gasteiger partial charge in [0.1, 0.15) is 6.10 Å². The van der Waals surface area contributed by atoms with Crippen LogP contribution in [0.3, 0.4) is 0 Å². The number of hydrogen-bond donors (Lipinski definition) is 0. The van der Waals surface area contributed by atoms with E-state index in [-0.39, 0.29) is 12.1 Å². The Balaban J connectivity index is 1.24. The van der Waals surface area contributed by atoms with Crippen molar-refractivity contribution in [2.75, 3.05) is 20.1 Å². The number of unbranched alkanes of at least 4 members (excludes halogenated alkanes) is 8. The lowest BCUT2D eigenvalue weighted by Gasteiger charge is -2.32. The van der Waals surface area contributed by atoms with Crippen LogP contribution in [-0.2, 0) is 20.7 Å². The molecule has 1 aromatic rings. The van der Waals surface area contributed by atoms with Crippen LogP contribution < -0.4 is 0 Å². The SMILES string of the molecule is CCCCCC[C@H](CC=CCCCCCCCC(=O)N1C[C@@H]2C[C@H]1CN2C)OC(=O)Cc1ccccc1. The predicted molar refractivity (Wildman–Crippen MR) is 151 cm³/mol. The number of hydrogen-bond acceptors (Lipinski definition) is 4. The first-order chi connectivity index (χ1) is 18.1. The first kappa shape index (κ1) is 29.4. The highest BCUT2D eigenvalue weighted by molar-refractivity contribution is 5.77. The minimum absolute atomic E-state index is 0.0203. The number of esters is 1. The number of ether oxygens (including phenoxy) is 1. The van der Waals surface area contributed by atoms with Crippen molar-refractivity contribution in [2.45, 2.75) is 121 Å². The molecule has 2 fully saturated rings. The number of fused-ring (bicyclic) bond motifs is 2. The van der Waals surface area contributed by atoms with Crippen LogP contribution >= 0.6 is 0 Å². The minimum atomic E-state index is -0.122. The quantitative estimate of drug-likeness (QED) is 0.125. The van der Waals surface area contributed by atoms with E-state index in [1.165, 1.54) is 44.9 Å². The van der Waals surface area contributed by atoms with Gasteiger partial charge >= 0.3 is 5.97 Å². The Bertz CT molecular complexity index is 823. The molecule has 1 amide bonds. The molecule has 0 aliphatic carbocycles. The van der Waals surface area contributed by atoms with Crippen LogP contribution in [0.4, 0.5) is 0 Å². The first-order valence-corrected chi connectivity index (χ1v) is 14.9. The van der Waals surface area contributed by atoms with E-state index >= 15 is 0 Å². The third-order valence-corrected chi connectivity index (χ3v) is 8.03. The minimum Gasteiger partial charge on any atom is -0.462 e. The van der Waals surface area contributed by atoms with E-state index < -0.39 is 0 Å². The molecule has 0 saturated carbocycles. The number of likely N-dealkylation sites (tertiary alicyclic amines) is 2. The fourth-order valence-corrected chi connectivity index (χ4v) is 5.76. The third kappa shape index (κ3) is 10.6. The van der Waals surface area contributed by atoms with Gasteiger partial charge in [-0.3, -0.25) is 14.5 Å². The van der Waals surface area contributed by atoms with E-state index in [0.717, 1.165) is 63.6 Å². The molecule has 206 valence electrons. The maximum atomic E-state index is 12.5. The first-order valence-electron chi connectivity index (χ1n) is 14.9. The largest absolute Gasteiger partial charge is 0.462 e. The molecule has 5 heteroatoms. The summed E-state index contributed by atoms with van der Waals surface area (Å²) in [5.41, 5.74) is 1.01. The van der Waals surface area contributed by atoms with E-state index in [1.807, 2.05) is 30.3 Å². The number of likely N-dealkylation sites (N-methyl/N-ethyl adjacent to an activating group) is 1. The lowest BCUT2D eigenvalue weighted by molar-refractivity contribution is -0.148. The molecule has 0 N–H and O–H groups in total. The highest BCUT2D eigenvalue weighted by Gasteiger charge is 2.43. The van der Waals surface area contributed by atoms with Crippen molar-refractivity contribution in [1.29, 1.82) is 0 Å². The molecule has 0 unspecified atom stereocenters. The van der Waals surface area contributed by atoms with Crippen molar-refractivity contribution in [2.24, 2.45) is 0 Å². The van der Waals surface area contributed by atoms with Crippen LogP contribution in [0.5, 0.6) is 0 Å². The predicted octanol–water partition coefficient (Wildman–Crippen LogP) is 6.70. The molecule has 2 aliphatic rings. The summed E-state index contributed by atoms with van der Waals surface area (Å²) in [6.07, 6.45) is 20.0. The van der Waals surface area contributed by atoms with E-state index in [1.54, 1.807) is 0 Å². The number of piperazine rings is 1. The van der Waals surface area contributed by atoms with Crippen LogP contribution in [-0.4, -0.2) is 60.0 Å². The Hall–Kier alpha value is -2.14. The summed E-state index contributed by atoms with van der Waals surface area (Å²) < 4.78 is 5.86. The standard InChI is InChI=1S/C32H50N2O3/c1-3-4-5-15-20-30(37-32(36)23-27-18-13-12-14-19-27)21-16-10-8-6-7-9-11-17-22-31(35)34-26-28-24-29(34)25-33(28)2/h10,12-14,16,18-19,28-30H,3-9,11,15,17,20-26H2,1-2H3/t28-,29-,30+/m0/s1.